The summed E-state index contributed by atoms with van der Waals surface area (Å²) >= 11 is 0. The molecule has 1 saturated heterocycles. The smallest absolute Gasteiger partial charge is 0.0737 e. The lowest BCUT2D eigenvalue weighted by atomic mass is 10.1. The summed E-state index contributed by atoms with van der Waals surface area (Å²) in [5.41, 5.74) is 5.75. The zero-order chi connectivity index (χ0) is 8.27. The van der Waals surface area contributed by atoms with Crippen LogP contribution in [0.25, 0.3) is 0 Å². The molecule has 0 spiro atoms. The van der Waals surface area contributed by atoms with E-state index in [9.17, 15) is 0 Å². The molecule has 0 aromatic heterocycles. The summed E-state index contributed by atoms with van der Waals surface area (Å²) in [4.78, 5) is 5.52. The second-order valence-electron chi connectivity index (χ2n) is 3.42. The van der Waals surface area contributed by atoms with Crippen molar-refractivity contribution in [1.82, 2.24) is 5.06 Å². The highest BCUT2D eigenvalue weighted by molar-refractivity contribution is 4.69. The molecule has 0 aliphatic carbocycles. The third kappa shape index (κ3) is 3.18. The summed E-state index contributed by atoms with van der Waals surface area (Å²) in [6.45, 7) is 6.07. The van der Waals surface area contributed by atoms with Crippen LogP contribution in [0.4, 0.5) is 0 Å². The van der Waals surface area contributed by atoms with Crippen molar-refractivity contribution in [1.29, 1.82) is 0 Å². The molecule has 0 atom stereocenters. The van der Waals surface area contributed by atoms with Gasteiger partial charge in [0.05, 0.1) is 6.10 Å². The van der Waals surface area contributed by atoms with E-state index < -0.39 is 0 Å². The standard InChI is InChI=1S/C8H18N2O/c1-7(2)11-10-5-3-8(9)4-6-10/h7-8H,3-6,9H2,1-2H3. The Labute approximate surface area is 68.5 Å². The molecular weight excluding hydrogens is 140 g/mol. The van der Waals surface area contributed by atoms with E-state index >= 15 is 0 Å². The van der Waals surface area contributed by atoms with Gasteiger partial charge in [0.15, 0.2) is 0 Å². The Balaban J connectivity index is 2.17. The van der Waals surface area contributed by atoms with E-state index in [0.717, 1.165) is 25.9 Å². The zero-order valence-corrected chi connectivity index (χ0v) is 7.42. The molecule has 0 bridgehead atoms. The Morgan fingerprint density at radius 2 is 1.91 bits per heavy atom. The number of nitrogens with two attached hydrogens (primary N) is 1. The van der Waals surface area contributed by atoms with Gasteiger partial charge in [-0.3, -0.25) is 4.84 Å². The van der Waals surface area contributed by atoms with E-state index in [0.29, 0.717) is 12.1 Å². The molecule has 0 unspecified atom stereocenters. The maximum atomic E-state index is 5.75. The topological polar surface area (TPSA) is 38.5 Å². The van der Waals surface area contributed by atoms with E-state index in [2.05, 4.69) is 13.8 Å². The van der Waals surface area contributed by atoms with Crippen LogP contribution in [0, 0.1) is 0 Å². The Hall–Kier alpha value is -0.120. The van der Waals surface area contributed by atoms with Crippen molar-refractivity contribution in [3.8, 4) is 0 Å². The quantitative estimate of drug-likeness (QED) is 0.644. The first kappa shape index (κ1) is 8.97. The molecule has 1 aliphatic heterocycles. The number of piperidine rings is 1. The highest BCUT2D eigenvalue weighted by Gasteiger charge is 2.16. The number of hydroxylamine groups is 2. The van der Waals surface area contributed by atoms with Gasteiger partial charge in [-0.15, -0.1) is 0 Å². The van der Waals surface area contributed by atoms with Gasteiger partial charge in [-0.05, 0) is 26.7 Å². The average molecular weight is 158 g/mol. The normalized spacial score (nSPS) is 22.9. The van der Waals surface area contributed by atoms with Gasteiger partial charge in [0.25, 0.3) is 0 Å². The fraction of sp³-hybridized carbons (Fsp3) is 1.00. The highest BCUT2D eigenvalue weighted by Crippen LogP contribution is 2.09. The molecule has 1 heterocycles. The van der Waals surface area contributed by atoms with Gasteiger partial charge in [0.2, 0.25) is 0 Å². The van der Waals surface area contributed by atoms with Crippen LogP contribution in [-0.4, -0.2) is 30.3 Å². The molecule has 2 N–H and O–H groups in total. The van der Waals surface area contributed by atoms with Gasteiger partial charge in [-0.2, -0.15) is 5.06 Å². The number of hydrogen-bond acceptors (Lipinski definition) is 3. The predicted molar refractivity (Wildman–Crippen MR) is 45.0 cm³/mol. The van der Waals surface area contributed by atoms with Gasteiger partial charge in [0.1, 0.15) is 0 Å². The van der Waals surface area contributed by atoms with Crippen molar-refractivity contribution in [2.24, 2.45) is 5.73 Å². The molecule has 0 radical (unpaired) electrons. The summed E-state index contributed by atoms with van der Waals surface area (Å²) < 4.78 is 0. The van der Waals surface area contributed by atoms with Gasteiger partial charge in [0, 0.05) is 19.1 Å². The van der Waals surface area contributed by atoms with Crippen LogP contribution in [0.2, 0.25) is 0 Å². The van der Waals surface area contributed by atoms with Crippen LogP contribution in [-0.2, 0) is 4.84 Å². The fourth-order valence-electron chi connectivity index (χ4n) is 1.28. The summed E-state index contributed by atoms with van der Waals surface area (Å²) in [6.07, 6.45) is 2.42. The summed E-state index contributed by atoms with van der Waals surface area (Å²) in [6, 6.07) is 0.391. The minimum absolute atomic E-state index is 0.296. The molecule has 1 rings (SSSR count). The molecule has 1 aliphatic rings. The van der Waals surface area contributed by atoms with Crippen molar-refractivity contribution in [3.63, 3.8) is 0 Å². The van der Waals surface area contributed by atoms with E-state index in [1.54, 1.807) is 0 Å². The minimum atomic E-state index is 0.296. The minimum Gasteiger partial charge on any atom is -0.328 e. The molecule has 1 fully saturated rings. The monoisotopic (exact) mass is 158 g/mol. The lowest BCUT2D eigenvalue weighted by Crippen LogP contribution is -2.40. The van der Waals surface area contributed by atoms with Crippen molar-refractivity contribution in [2.75, 3.05) is 13.1 Å². The first-order chi connectivity index (χ1) is 5.18. The lowest BCUT2D eigenvalue weighted by Gasteiger charge is -2.30. The van der Waals surface area contributed by atoms with Crippen molar-refractivity contribution >= 4 is 0 Å². The van der Waals surface area contributed by atoms with Crippen LogP contribution in [0.3, 0.4) is 0 Å². The van der Waals surface area contributed by atoms with Crippen LogP contribution < -0.4 is 5.73 Å². The maximum Gasteiger partial charge on any atom is 0.0737 e. The van der Waals surface area contributed by atoms with Crippen molar-refractivity contribution in [3.05, 3.63) is 0 Å². The Morgan fingerprint density at radius 3 is 2.36 bits per heavy atom. The molecule has 11 heavy (non-hydrogen) atoms. The van der Waals surface area contributed by atoms with E-state index in [1.165, 1.54) is 0 Å². The Bertz CT molecular complexity index is 109. The fourth-order valence-corrected chi connectivity index (χ4v) is 1.28. The highest BCUT2D eigenvalue weighted by atomic mass is 16.7. The molecule has 0 amide bonds. The van der Waals surface area contributed by atoms with Crippen molar-refractivity contribution in [2.45, 2.75) is 38.8 Å². The second kappa shape index (κ2) is 4.04. The van der Waals surface area contributed by atoms with Gasteiger partial charge < -0.3 is 5.73 Å². The SMILES string of the molecule is CC(C)ON1CCC(N)CC1. The largest absolute Gasteiger partial charge is 0.328 e. The second-order valence-corrected chi connectivity index (χ2v) is 3.42. The maximum absolute atomic E-state index is 5.75. The van der Waals surface area contributed by atoms with Gasteiger partial charge in [-0.1, -0.05) is 0 Å². The van der Waals surface area contributed by atoms with Gasteiger partial charge in [-0.25, -0.2) is 0 Å². The van der Waals surface area contributed by atoms with Crippen LogP contribution in [0.5, 0.6) is 0 Å². The molecule has 3 heteroatoms. The summed E-state index contributed by atoms with van der Waals surface area (Å²) in [7, 11) is 0. The summed E-state index contributed by atoms with van der Waals surface area (Å²) in [5, 5.41) is 2.02. The van der Waals surface area contributed by atoms with Crippen LogP contribution in [0.1, 0.15) is 26.7 Å². The average Bonchev–Trinajstić information content (AvgIpc) is 1.93. The third-order valence-corrected chi connectivity index (χ3v) is 1.86. The molecule has 0 aromatic rings. The number of rotatable bonds is 2. The van der Waals surface area contributed by atoms with Crippen molar-refractivity contribution < 1.29 is 4.84 Å². The first-order valence-electron chi connectivity index (χ1n) is 4.36. The van der Waals surface area contributed by atoms with Crippen LogP contribution in [0.15, 0.2) is 0 Å². The van der Waals surface area contributed by atoms with E-state index in [-0.39, 0.29) is 0 Å². The Morgan fingerprint density at radius 1 is 1.36 bits per heavy atom. The summed E-state index contributed by atoms with van der Waals surface area (Å²) in [5.74, 6) is 0. The van der Waals surface area contributed by atoms with E-state index in [4.69, 9.17) is 10.6 Å². The molecule has 0 saturated carbocycles. The number of hydrogen-bond donors (Lipinski definition) is 1. The zero-order valence-electron chi connectivity index (χ0n) is 7.42. The predicted octanol–water partition coefficient (Wildman–Crippen LogP) is 0.749. The van der Waals surface area contributed by atoms with Crippen LogP contribution >= 0.6 is 0 Å². The number of nitrogens with zero attached hydrogens (tertiary/aromatic N) is 1. The first-order valence-corrected chi connectivity index (χ1v) is 4.36. The van der Waals surface area contributed by atoms with E-state index in [1.807, 2.05) is 5.06 Å². The third-order valence-electron chi connectivity index (χ3n) is 1.86. The van der Waals surface area contributed by atoms with Gasteiger partial charge >= 0.3 is 0 Å². The lowest BCUT2D eigenvalue weighted by molar-refractivity contribution is -0.196. The molecule has 3 nitrogen and oxygen atoms in total. The molecule has 0 aromatic carbocycles. The Kier molecular flexibility index (Phi) is 3.30. The molecular formula is C8H18N2O. The molecule has 66 valence electrons.